The first-order valence-electron chi connectivity index (χ1n) is 9.22. The second-order valence-electron chi connectivity index (χ2n) is 6.80. The van der Waals surface area contributed by atoms with Crippen LogP contribution in [0.1, 0.15) is 26.2 Å². The maximum absolute atomic E-state index is 12.6. The Kier molecular flexibility index (Phi) is 4.62. The van der Waals surface area contributed by atoms with Crippen molar-refractivity contribution >= 4 is 22.9 Å². The number of carbonyl (C=O) groups excluding carboxylic acids is 1. The Morgan fingerprint density at radius 1 is 1.19 bits per heavy atom. The topological polar surface area (TPSA) is 95.9 Å². The van der Waals surface area contributed by atoms with E-state index in [0.717, 1.165) is 31.6 Å². The number of H-pyrrole nitrogens is 1. The lowest BCUT2D eigenvalue weighted by atomic mass is 10.1. The highest BCUT2D eigenvalue weighted by Crippen LogP contribution is 2.16. The zero-order chi connectivity index (χ0) is 18.8. The molecule has 4 rings (SSSR count). The van der Waals surface area contributed by atoms with E-state index in [2.05, 4.69) is 20.4 Å². The van der Waals surface area contributed by atoms with Crippen molar-refractivity contribution in [3.05, 3.63) is 46.9 Å². The molecule has 0 radical (unpaired) electrons. The average Bonchev–Trinajstić information content (AvgIpc) is 3.13. The predicted octanol–water partition coefficient (Wildman–Crippen LogP) is 1.92. The van der Waals surface area contributed by atoms with Gasteiger partial charge in [-0.05, 0) is 38.3 Å². The number of hydrogen-bond acceptors (Lipinski definition) is 5. The van der Waals surface area contributed by atoms with Crippen molar-refractivity contribution in [2.45, 2.75) is 32.2 Å². The highest BCUT2D eigenvalue weighted by molar-refractivity contribution is 5.84. The predicted molar refractivity (Wildman–Crippen MR) is 103 cm³/mol. The molecule has 8 nitrogen and oxygen atoms in total. The van der Waals surface area contributed by atoms with Gasteiger partial charge in [0.2, 0.25) is 11.9 Å². The number of anilines is 1. The summed E-state index contributed by atoms with van der Waals surface area (Å²) in [7, 11) is 0. The summed E-state index contributed by atoms with van der Waals surface area (Å²) in [6.45, 7) is 3.36. The van der Waals surface area contributed by atoms with Gasteiger partial charge in [-0.25, -0.2) is 4.68 Å². The minimum atomic E-state index is -0.475. The van der Waals surface area contributed by atoms with Gasteiger partial charge in [0, 0.05) is 13.1 Å². The molecule has 1 aromatic carbocycles. The van der Waals surface area contributed by atoms with Crippen LogP contribution in [-0.2, 0) is 4.79 Å². The highest BCUT2D eigenvalue weighted by atomic mass is 16.2. The molecule has 0 unspecified atom stereocenters. The van der Waals surface area contributed by atoms with Crippen LogP contribution in [0.25, 0.3) is 16.7 Å². The molecular formula is C19H22N6O2. The van der Waals surface area contributed by atoms with Crippen LogP contribution in [0.4, 0.5) is 5.95 Å². The van der Waals surface area contributed by atoms with E-state index in [1.54, 1.807) is 11.6 Å². The number of piperidine rings is 1. The number of hydrogen-bond donors (Lipinski definition) is 2. The number of carbonyl (C=O) groups is 1. The molecule has 2 aromatic heterocycles. The van der Waals surface area contributed by atoms with Gasteiger partial charge in [0.05, 0.1) is 11.9 Å². The first kappa shape index (κ1) is 17.3. The lowest BCUT2D eigenvalue weighted by Gasteiger charge is -2.29. The van der Waals surface area contributed by atoms with E-state index < -0.39 is 6.04 Å². The fraction of sp³-hybridized carbons (Fsp3) is 0.368. The number of fused-ring (bicyclic) bond motifs is 1. The van der Waals surface area contributed by atoms with Gasteiger partial charge in [-0.15, -0.1) is 0 Å². The minimum Gasteiger partial charge on any atom is -0.344 e. The van der Waals surface area contributed by atoms with Crippen LogP contribution in [0.2, 0.25) is 0 Å². The molecule has 140 valence electrons. The normalized spacial score (nSPS) is 15.7. The maximum Gasteiger partial charge on any atom is 0.263 e. The van der Waals surface area contributed by atoms with Gasteiger partial charge in [0.25, 0.3) is 5.56 Å². The Labute approximate surface area is 156 Å². The Balaban J connectivity index is 1.62. The second-order valence-corrected chi connectivity index (χ2v) is 6.80. The summed E-state index contributed by atoms with van der Waals surface area (Å²) < 4.78 is 1.62. The summed E-state index contributed by atoms with van der Waals surface area (Å²) in [6, 6.07) is 9.02. The van der Waals surface area contributed by atoms with Crippen molar-refractivity contribution in [3.8, 4) is 5.69 Å². The fourth-order valence-electron chi connectivity index (χ4n) is 3.40. The number of rotatable bonds is 4. The van der Waals surface area contributed by atoms with E-state index in [4.69, 9.17) is 0 Å². The molecule has 1 fully saturated rings. The first-order chi connectivity index (χ1) is 13.1. The zero-order valence-electron chi connectivity index (χ0n) is 15.2. The van der Waals surface area contributed by atoms with E-state index in [1.807, 2.05) is 35.2 Å². The second kappa shape index (κ2) is 7.22. The molecular weight excluding hydrogens is 344 g/mol. The van der Waals surface area contributed by atoms with Crippen molar-refractivity contribution in [2.75, 3.05) is 18.4 Å². The lowest BCUT2D eigenvalue weighted by molar-refractivity contribution is -0.132. The molecule has 0 saturated carbocycles. The first-order valence-corrected chi connectivity index (χ1v) is 9.22. The molecule has 8 heteroatoms. The van der Waals surface area contributed by atoms with Crippen LogP contribution in [0.3, 0.4) is 0 Å². The maximum atomic E-state index is 12.6. The van der Waals surface area contributed by atoms with E-state index in [0.29, 0.717) is 11.0 Å². The Hall–Kier alpha value is -3.16. The molecule has 0 bridgehead atoms. The molecule has 27 heavy (non-hydrogen) atoms. The lowest BCUT2D eigenvalue weighted by Crippen LogP contribution is -2.44. The molecule has 1 amide bonds. The van der Waals surface area contributed by atoms with Crippen molar-refractivity contribution in [1.29, 1.82) is 0 Å². The Morgan fingerprint density at radius 2 is 1.93 bits per heavy atom. The quantitative estimate of drug-likeness (QED) is 0.735. The smallest absolute Gasteiger partial charge is 0.263 e. The van der Waals surface area contributed by atoms with E-state index >= 15 is 0 Å². The van der Waals surface area contributed by atoms with E-state index in [-0.39, 0.29) is 17.4 Å². The number of nitrogens with one attached hydrogen (secondary N) is 2. The molecule has 1 aliphatic heterocycles. The van der Waals surface area contributed by atoms with Crippen LogP contribution in [0, 0.1) is 0 Å². The van der Waals surface area contributed by atoms with Gasteiger partial charge in [-0.1, -0.05) is 18.2 Å². The van der Waals surface area contributed by atoms with Crippen LogP contribution >= 0.6 is 0 Å². The summed E-state index contributed by atoms with van der Waals surface area (Å²) in [5.74, 6) is 0.289. The van der Waals surface area contributed by atoms with Crippen molar-refractivity contribution in [1.82, 2.24) is 24.6 Å². The number of benzene rings is 1. The van der Waals surface area contributed by atoms with Gasteiger partial charge in [-0.3, -0.25) is 14.6 Å². The third-order valence-corrected chi connectivity index (χ3v) is 4.83. The number of likely N-dealkylation sites (tertiary alicyclic amines) is 1. The van der Waals surface area contributed by atoms with Crippen LogP contribution < -0.4 is 10.9 Å². The molecule has 1 atom stereocenters. The number of nitrogens with zero attached hydrogens (tertiary/aromatic N) is 4. The molecule has 3 aromatic rings. The zero-order valence-corrected chi connectivity index (χ0v) is 15.2. The van der Waals surface area contributed by atoms with Gasteiger partial charge < -0.3 is 10.2 Å². The SMILES string of the molecule is C[C@H](Nc1nc2c(cnn2-c2ccccc2)c(=O)[nH]1)C(=O)N1CCCCC1. The van der Waals surface area contributed by atoms with Crippen LogP contribution in [0.15, 0.2) is 41.3 Å². The summed E-state index contributed by atoms with van der Waals surface area (Å²) in [5, 5.41) is 7.73. The van der Waals surface area contributed by atoms with Gasteiger partial charge in [-0.2, -0.15) is 10.1 Å². The molecule has 3 heterocycles. The highest BCUT2D eigenvalue weighted by Gasteiger charge is 2.23. The monoisotopic (exact) mass is 366 g/mol. The average molecular weight is 366 g/mol. The summed E-state index contributed by atoms with van der Waals surface area (Å²) in [6.07, 6.45) is 4.74. The largest absolute Gasteiger partial charge is 0.344 e. The summed E-state index contributed by atoms with van der Waals surface area (Å²) >= 11 is 0. The van der Waals surface area contributed by atoms with E-state index in [9.17, 15) is 9.59 Å². The Morgan fingerprint density at radius 3 is 2.67 bits per heavy atom. The van der Waals surface area contributed by atoms with E-state index in [1.165, 1.54) is 12.6 Å². The molecule has 0 spiro atoms. The van der Waals surface area contributed by atoms with Crippen molar-refractivity contribution < 1.29 is 4.79 Å². The fourth-order valence-corrected chi connectivity index (χ4v) is 3.40. The van der Waals surface area contributed by atoms with Gasteiger partial charge >= 0.3 is 0 Å². The number of amides is 1. The van der Waals surface area contributed by atoms with Crippen LogP contribution in [0.5, 0.6) is 0 Å². The molecule has 1 aliphatic rings. The Bertz CT molecular complexity index is 1000. The van der Waals surface area contributed by atoms with Crippen molar-refractivity contribution in [2.24, 2.45) is 0 Å². The third-order valence-electron chi connectivity index (χ3n) is 4.83. The number of para-hydroxylation sites is 1. The summed E-state index contributed by atoms with van der Waals surface area (Å²) in [5.41, 5.74) is 0.973. The number of aromatic nitrogens is 4. The van der Waals surface area contributed by atoms with Crippen LogP contribution in [-0.4, -0.2) is 49.7 Å². The summed E-state index contributed by atoms with van der Waals surface area (Å²) in [4.78, 5) is 34.1. The molecule has 1 saturated heterocycles. The molecule has 0 aliphatic carbocycles. The van der Waals surface area contributed by atoms with Crippen molar-refractivity contribution in [3.63, 3.8) is 0 Å². The third kappa shape index (κ3) is 3.42. The van der Waals surface area contributed by atoms with Gasteiger partial charge in [0.1, 0.15) is 11.4 Å². The standard InChI is InChI=1S/C19H22N6O2/c1-13(18(27)24-10-6-3-7-11-24)21-19-22-16-15(17(26)23-19)12-20-25(16)14-8-4-2-5-9-14/h2,4-5,8-9,12-13H,3,6-7,10-11H2,1H3,(H2,21,22,23,26)/t13-/m0/s1. The minimum absolute atomic E-state index is 0.0222. The number of aromatic amines is 1. The molecule has 2 N–H and O–H groups in total. The van der Waals surface area contributed by atoms with Gasteiger partial charge in [0.15, 0.2) is 5.65 Å².